The van der Waals surface area contributed by atoms with E-state index >= 15 is 0 Å². The number of hydrogen-bond donors (Lipinski definition) is 1. The first kappa shape index (κ1) is 14.5. The highest BCUT2D eigenvalue weighted by atomic mass is 79.9. The maximum atomic E-state index is 13.6. The smallest absolute Gasteiger partial charge is 0.139 e. The maximum absolute atomic E-state index is 13.6. The van der Waals surface area contributed by atoms with Gasteiger partial charge in [0.25, 0.3) is 0 Å². The molecule has 21 heavy (non-hydrogen) atoms. The maximum Gasteiger partial charge on any atom is 0.139 e. The van der Waals surface area contributed by atoms with Gasteiger partial charge in [0.05, 0.1) is 4.47 Å². The molecule has 1 fully saturated rings. The van der Waals surface area contributed by atoms with Crippen LogP contribution in [0, 0.1) is 18.6 Å². The minimum atomic E-state index is -0.252. The molecule has 0 saturated heterocycles. The Bertz CT molecular complexity index is 649. The van der Waals surface area contributed by atoms with Crippen molar-refractivity contribution in [1.29, 1.82) is 0 Å². The number of nitrogens with one attached hydrogen (secondary N) is 1. The normalized spacial score (nSPS) is 21.0. The molecule has 0 radical (unpaired) electrons. The molecule has 0 aromatic heterocycles. The second-order valence-electron chi connectivity index (χ2n) is 5.64. The molecule has 1 N–H and O–H groups in total. The molecule has 1 nitrogen and oxygen atoms in total. The molecule has 1 aliphatic rings. The zero-order chi connectivity index (χ0) is 15.0. The van der Waals surface area contributed by atoms with Crippen LogP contribution in [0.2, 0.25) is 0 Å². The zero-order valence-corrected chi connectivity index (χ0v) is 13.3. The van der Waals surface area contributed by atoms with E-state index in [0.29, 0.717) is 16.4 Å². The van der Waals surface area contributed by atoms with Gasteiger partial charge in [0.2, 0.25) is 0 Å². The van der Waals surface area contributed by atoms with Gasteiger partial charge in [0.15, 0.2) is 0 Å². The van der Waals surface area contributed by atoms with Crippen molar-refractivity contribution in [2.45, 2.75) is 31.7 Å². The van der Waals surface area contributed by atoms with E-state index < -0.39 is 0 Å². The van der Waals surface area contributed by atoms with E-state index in [1.807, 2.05) is 19.1 Å². The summed E-state index contributed by atoms with van der Waals surface area (Å²) < 4.78 is 27.0. The molecule has 0 heterocycles. The fraction of sp³-hybridized carbons (Fsp3) is 0.294. The third kappa shape index (κ3) is 3.10. The molecular formula is C17H16BrF2N. The molecular weight excluding hydrogens is 336 g/mol. The minimum Gasteiger partial charge on any atom is -0.382 e. The summed E-state index contributed by atoms with van der Waals surface area (Å²) in [5.41, 5.74) is 3.04. The summed E-state index contributed by atoms with van der Waals surface area (Å²) in [6, 6.07) is 10.4. The molecule has 0 amide bonds. The van der Waals surface area contributed by atoms with Crippen molar-refractivity contribution in [2.75, 3.05) is 5.32 Å². The van der Waals surface area contributed by atoms with Crippen molar-refractivity contribution >= 4 is 21.6 Å². The standard InChI is InChI=1S/C17H16BrF2N/c1-10-6-15(18)16(20)9-17(10)21-14-7-12(8-14)11-2-4-13(19)5-3-11/h2-6,9,12,14,21H,7-8H2,1H3. The van der Waals surface area contributed by atoms with Gasteiger partial charge in [0, 0.05) is 11.7 Å². The highest BCUT2D eigenvalue weighted by Gasteiger charge is 2.30. The summed E-state index contributed by atoms with van der Waals surface area (Å²) >= 11 is 3.19. The fourth-order valence-corrected chi connectivity index (χ4v) is 3.22. The first-order valence-electron chi connectivity index (χ1n) is 7.00. The van der Waals surface area contributed by atoms with Crippen molar-refractivity contribution in [3.63, 3.8) is 0 Å². The van der Waals surface area contributed by atoms with Crippen LogP contribution in [-0.4, -0.2) is 6.04 Å². The largest absolute Gasteiger partial charge is 0.382 e. The number of anilines is 1. The number of benzene rings is 2. The van der Waals surface area contributed by atoms with Gasteiger partial charge in [-0.2, -0.15) is 0 Å². The third-order valence-electron chi connectivity index (χ3n) is 4.11. The molecule has 0 spiro atoms. The summed E-state index contributed by atoms with van der Waals surface area (Å²) in [5.74, 6) is 0.00919. The molecule has 3 rings (SSSR count). The Kier molecular flexibility index (Phi) is 3.98. The predicted molar refractivity (Wildman–Crippen MR) is 84.6 cm³/mol. The van der Waals surface area contributed by atoms with Gasteiger partial charge in [-0.3, -0.25) is 0 Å². The molecule has 1 aliphatic carbocycles. The Hall–Kier alpha value is -1.42. The van der Waals surface area contributed by atoms with Crippen LogP contribution in [0.5, 0.6) is 0 Å². The van der Waals surface area contributed by atoms with Crippen molar-refractivity contribution in [2.24, 2.45) is 0 Å². The van der Waals surface area contributed by atoms with E-state index in [9.17, 15) is 8.78 Å². The molecule has 1 saturated carbocycles. The second kappa shape index (κ2) is 5.76. The summed E-state index contributed by atoms with van der Waals surface area (Å²) in [6.07, 6.45) is 1.98. The van der Waals surface area contributed by atoms with Gasteiger partial charge in [-0.25, -0.2) is 8.78 Å². The van der Waals surface area contributed by atoms with Crippen molar-refractivity contribution in [3.8, 4) is 0 Å². The summed E-state index contributed by atoms with van der Waals surface area (Å²) in [7, 11) is 0. The quantitative estimate of drug-likeness (QED) is 0.781. The summed E-state index contributed by atoms with van der Waals surface area (Å²) in [4.78, 5) is 0. The SMILES string of the molecule is Cc1cc(Br)c(F)cc1NC1CC(c2ccc(F)cc2)C1. The van der Waals surface area contributed by atoms with Crippen molar-refractivity contribution in [1.82, 2.24) is 0 Å². The predicted octanol–water partition coefficient (Wildman–Crippen LogP) is 5.39. The lowest BCUT2D eigenvalue weighted by atomic mass is 9.76. The fourth-order valence-electron chi connectivity index (χ4n) is 2.76. The molecule has 0 atom stereocenters. The van der Waals surface area contributed by atoms with Gasteiger partial charge in [-0.05, 0) is 77.0 Å². The Balaban J connectivity index is 1.62. The molecule has 0 unspecified atom stereocenters. The molecule has 0 aliphatic heterocycles. The highest BCUT2D eigenvalue weighted by molar-refractivity contribution is 9.10. The van der Waals surface area contributed by atoms with Gasteiger partial charge >= 0.3 is 0 Å². The summed E-state index contributed by atoms with van der Waals surface area (Å²) in [6.45, 7) is 1.96. The average molecular weight is 352 g/mol. The monoisotopic (exact) mass is 351 g/mol. The Morgan fingerprint density at radius 3 is 2.43 bits per heavy atom. The Labute approximate surface area is 131 Å². The summed E-state index contributed by atoms with van der Waals surface area (Å²) in [5, 5.41) is 3.39. The number of rotatable bonds is 3. The van der Waals surface area contributed by atoms with Crippen LogP contribution in [-0.2, 0) is 0 Å². The minimum absolute atomic E-state index is 0.200. The lowest BCUT2D eigenvalue weighted by molar-refractivity contribution is 0.373. The molecule has 2 aromatic rings. The lowest BCUT2D eigenvalue weighted by Gasteiger charge is -2.37. The van der Waals surface area contributed by atoms with Gasteiger partial charge in [-0.15, -0.1) is 0 Å². The van der Waals surface area contributed by atoms with Crippen LogP contribution in [0.25, 0.3) is 0 Å². The van der Waals surface area contributed by atoms with Crippen LogP contribution in [0.3, 0.4) is 0 Å². The first-order chi connectivity index (χ1) is 10.0. The van der Waals surface area contributed by atoms with E-state index in [0.717, 1.165) is 24.1 Å². The topological polar surface area (TPSA) is 12.0 Å². The van der Waals surface area contributed by atoms with E-state index in [-0.39, 0.29) is 11.6 Å². The van der Waals surface area contributed by atoms with Crippen molar-refractivity contribution < 1.29 is 8.78 Å². The van der Waals surface area contributed by atoms with E-state index in [2.05, 4.69) is 21.2 Å². The first-order valence-corrected chi connectivity index (χ1v) is 7.80. The molecule has 2 aromatic carbocycles. The third-order valence-corrected chi connectivity index (χ3v) is 4.71. The van der Waals surface area contributed by atoms with Gasteiger partial charge < -0.3 is 5.32 Å². The Morgan fingerprint density at radius 1 is 1.10 bits per heavy atom. The van der Waals surface area contributed by atoms with Crippen LogP contribution in [0.1, 0.15) is 29.9 Å². The molecule has 0 bridgehead atoms. The average Bonchev–Trinajstić information content (AvgIpc) is 2.40. The van der Waals surface area contributed by atoms with Crippen LogP contribution in [0.4, 0.5) is 14.5 Å². The van der Waals surface area contributed by atoms with E-state index in [1.54, 1.807) is 6.07 Å². The lowest BCUT2D eigenvalue weighted by Crippen LogP contribution is -2.34. The second-order valence-corrected chi connectivity index (χ2v) is 6.50. The zero-order valence-electron chi connectivity index (χ0n) is 11.7. The number of hydrogen-bond acceptors (Lipinski definition) is 1. The molecule has 4 heteroatoms. The van der Waals surface area contributed by atoms with Crippen molar-refractivity contribution in [3.05, 3.63) is 63.6 Å². The van der Waals surface area contributed by atoms with Gasteiger partial charge in [0.1, 0.15) is 11.6 Å². The van der Waals surface area contributed by atoms with Crippen LogP contribution < -0.4 is 5.32 Å². The van der Waals surface area contributed by atoms with E-state index in [1.165, 1.54) is 23.8 Å². The van der Waals surface area contributed by atoms with Crippen LogP contribution >= 0.6 is 15.9 Å². The Morgan fingerprint density at radius 2 is 1.76 bits per heavy atom. The highest BCUT2D eigenvalue weighted by Crippen LogP contribution is 2.39. The number of halogens is 3. The number of aryl methyl sites for hydroxylation is 1. The van der Waals surface area contributed by atoms with E-state index in [4.69, 9.17) is 0 Å². The van der Waals surface area contributed by atoms with Crippen LogP contribution in [0.15, 0.2) is 40.9 Å². The molecule has 110 valence electrons. The van der Waals surface area contributed by atoms with Gasteiger partial charge in [-0.1, -0.05) is 12.1 Å².